The summed E-state index contributed by atoms with van der Waals surface area (Å²) in [5, 5.41) is 1.03. The van der Waals surface area contributed by atoms with E-state index in [1.165, 1.54) is 12.0 Å². The van der Waals surface area contributed by atoms with Crippen LogP contribution in [0.25, 0.3) is 0 Å². The number of halogens is 1. The molecule has 1 unspecified atom stereocenters. The Hall–Kier alpha value is -0.340. The van der Waals surface area contributed by atoms with Crippen LogP contribution < -0.4 is 0 Å². The molecule has 0 amide bonds. The van der Waals surface area contributed by atoms with Crippen LogP contribution in [-0.2, 0) is 11.3 Å². The number of alkyl halides is 1. The lowest BCUT2D eigenvalue weighted by Gasteiger charge is -2.11. The summed E-state index contributed by atoms with van der Waals surface area (Å²) in [5.41, 5.74) is 1.25. The van der Waals surface area contributed by atoms with Crippen LogP contribution in [0.1, 0.15) is 18.9 Å². The standard InChI is InChI=1S/C12H17BrO/c1-2-11(8-13)9-14-10-12-6-4-3-5-7-12/h3-7,11H,2,8-10H2,1H3. The summed E-state index contributed by atoms with van der Waals surface area (Å²) in [7, 11) is 0. The van der Waals surface area contributed by atoms with E-state index in [0.29, 0.717) is 5.92 Å². The molecular weight excluding hydrogens is 240 g/mol. The Morgan fingerprint density at radius 1 is 1.29 bits per heavy atom. The third-order valence-corrected chi connectivity index (χ3v) is 3.18. The highest BCUT2D eigenvalue weighted by molar-refractivity contribution is 9.09. The minimum Gasteiger partial charge on any atom is -0.376 e. The number of ether oxygens (including phenoxy) is 1. The lowest BCUT2D eigenvalue weighted by atomic mass is 10.1. The second-order valence-electron chi connectivity index (χ2n) is 3.43. The smallest absolute Gasteiger partial charge is 0.0717 e. The predicted octanol–water partition coefficient (Wildman–Crippen LogP) is 3.62. The van der Waals surface area contributed by atoms with Crippen molar-refractivity contribution in [2.75, 3.05) is 11.9 Å². The zero-order valence-corrected chi connectivity index (χ0v) is 10.2. The van der Waals surface area contributed by atoms with Gasteiger partial charge in [-0.15, -0.1) is 0 Å². The topological polar surface area (TPSA) is 9.23 Å². The SMILES string of the molecule is CCC(CBr)COCc1ccccc1. The van der Waals surface area contributed by atoms with Crippen LogP contribution in [-0.4, -0.2) is 11.9 Å². The minimum absolute atomic E-state index is 0.638. The van der Waals surface area contributed by atoms with Gasteiger partial charge in [-0.1, -0.05) is 59.6 Å². The fraction of sp³-hybridized carbons (Fsp3) is 0.500. The zero-order valence-electron chi connectivity index (χ0n) is 8.58. The van der Waals surface area contributed by atoms with Crippen molar-refractivity contribution in [3.05, 3.63) is 35.9 Å². The van der Waals surface area contributed by atoms with Crippen molar-refractivity contribution in [2.45, 2.75) is 20.0 Å². The molecule has 0 bridgehead atoms. The maximum Gasteiger partial charge on any atom is 0.0717 e. The van der Waals surface area contributed by atoms with Crippen molar-refractivity contribution in [1.82, 2.24) is 0 Å². The van der Waals surface area contributed by atoms with Crippen molar-refractivity contribution in [3.63, 3.8) is 0 Å². The number of hydrogen-bond donors (Lipinski definition) is 0. The van der Waals surface area contributed by atoms with Crippen LogP contribution in [0, 0.1) is 5.92 Å². The van der Waals surface area contributed by atoms with Gasteiger partial charge >= 0.3 is 0 Å². The van der Waals surface area contributed by atoms with Crippen LogP contribution in [0.5, 0.6) is 0 Å². The Labute approximate surface area is 94.6 Å². The van der Waals surface area contributed by atoms with Crippen LogP contribution in [0.15, 0.2) is 30.3 Å². The normalized spacial score (nSPS) is 12.7. The van der Waals surface area contributed by atoms with Gasteiger partial charge in [0.25, 0.3) is 0 Å². The summed E-state index contributed by atoms with van der Waals surface area (Å²) in [4.78, 5) is 0. The highest BCUT2D eigenvalue weighted by Gasteiger charge is 2.03. The highest BCUT2D eigenvalue weighted by atomic mass is 79.9. The fourth-order valence-corrected chi connectivity index (χ4v) is 1.83. The van der Waals surface area contributed by atoms with Gasteiger partial charge in [-0.2, -0.15) is 0 Å². The first-order chi connectivity index (χ1) is 6.86. The molecule has 0 saturated carbocycles. The number of hydrogen-bond acceptors (Lipinski definition) is 1. The van der Waals surface area contributed by atoms with Gasteiger partial charge in [-0.3, -0.25) is 0 Å². The minimum atomic E-state index is 0.638. The molecule has 1 rings (SSSR count). The van der Waals surface area contributed by atoms with Crippen LogP contribution >= 0.6 is 15.9 Å². The molecular formula is C12H17BrO. The molecule has 0 aliphatic rings. The summed E-state index contributed by atoms with van der Waals surface area (Å²) in [6.07, 6.45) is 1.17. The van der Waals surface area contributed by atoms with Gasteiger partial charge in [-0.25, -0.2) is 0 Å². The molecule has 14 heavy (non-hydrogen) atoms. The molecule has 0 heterocycles. The zero-order chi connectivity index (χ0) is 10.2. The Balaban J connectivity index is 2.21. The second kappa shape index (κ2) is 7.02. The van der Waals surface area contributed by atoms with Gasteiger partial charge < -0.3 is 4.74 Å². The Morgan fingerprint density at radius 2 is 2.00 bits per heavy atom. The van der Waals surface area contributed by atoms with Crippen LogP contribution in [0.2, 0.25) is 0 Å². The van der Waals surface area contributed by atoms with Crippen molar-refractivity contribution in [2.24, 2.45) is 5.92 Å². The van der Waals surface area contributed by atoms with E-state index in [1.807, 2.05) is 18.2 Å². The fourth-order valence-electron chi connectivity index (χ4n) is 1.19. The first-order valence-corrected chi connectivity index (χ1v) is 6.16. The first-order valence-electron chi connectivity index (χ1n) is 5.04. The molecule has 1 atom stereocenters. The summed E-state index contributed by atoms with van der Waals surface area (Å²) in [6, 6.07) is 10.3. The lowest BCUT2D eigenvalue weighted by Crippen LogP contribution is -2.09. The average Bonchev–Trinajstić information content (AvgIpc) is 2.26. The molecule has 1 aromatic rings. The van der Waals surface area contributed by atoms with Gasteiger partial charge in [0.1, 0.15) is 0 Å². The molecule has 0 fully saturated rings. The van der Waals surface area contributed by atoms with E-state index in [4.69, 9.17) is 4.74 Å². The van der Waals surface area contributed by atoms with Crippen molar-refractivity contribution >= 4 is 15.9 Å². The molecule has 0 aliphatic carbocycles. The summed E-state index contributed by atoms with van der Waals surface area (Å²) in [5.74, 6) is 0.638. The third kappa shape index (κ3) is 4.25. The van der Waals surface area contributed by atoms with Gasteiger partial charge in [0.05, 0.1) is 13.2 Å². The predicted molar refractivity (Wildman–Crippen MR) is 63.7 cm³/mol. The summed E-state index contributed by atoms with van der Waals surface area (Å²) < 4.78 is 5.63. The quantitative estimate of drug-likeness (QED) is 0.707. The van der Waals surface area contributed by atoms with Crippen LogP contribution in [0.3, 0.4) is 0 Å². The monoisotopic (exact) mass is 256 g/mol. The molecule has 0 aromatic heterocycles. The maximum absolute atomic E-state index is 5.63. The van der Waals surface area contributed by atoms with Crippen molar-refractivity contribution < 1.29 is 4.74 Å². The van der Waals surface area contributed by atoms with E-state index in [9.17, 15) is 0 Å². The highest BCUT2D eigenvalue weighted by Crippen LogP contribution is 2.08. The molecule has 0 N–H and O–H groups in total. The first kappa shape index (κ1) is 11.7. The van der Waals surface area contributed by atoms with Crippen molar-refractivity contribution in [3.8, 4) is 0 Å². The Morgan fingerprint density at radius 3 is 2.57 bits per heavy atom. The number of rotatable bonds is 6. The van der Waals surface area contributed by atoms with E-state index in [0.717, 1.165) is 18.5 Å². The third-order valence-electron chi connectivity index (χ3n) is 2.26. The maximum atomic E-state index is 5.63. The number of benzene rings is 1. The van der Waals surface area contributed by atoms with Gasteiger partial charge in [-0.05, 0) is 11.5 Å². The van der Waals surface area contributed by atoms with E-state index in [-0.39, 0.29) is 0 Å². The lowest BCUT2D eigenvalue weighted by molar-refractivity contribution is 0.0927. The molecule has 0 radical (unpaired) electrons. The van der Waals surface area contributed by atoms with E-state index in [2.05, 4.69) is 35.0 Å². The molecule has 0 spiro atoms. The largest absolute Gasteiger partial charge is 0.376 e. The van der Waals surface area contributed by atoms with Gasteiger partial charge in [0.2, 0.25) is 0 Å². The molecule has 0 aliphatic heterocycles. The second-order valence-corrected chi connectivity index (χ2v) is 4.08. The molecule has 2 heteroatoms. The summed E-state index contributed by atoms with van der Waals surface area (Å²) in [6.45, 7) is 3.76. The van der Waals surface area contributed by atoms with Gasteiger partial charge in [0.15, 0.2) is 0 Å². The Bertz CT molecular complexity index is 231. The van der Waals surface area contributed by atoms with Crippen LogP contribution in [0.4, 0.5) is 0 Å². The van der Waals surface area contributed by atoms with E-state index in [1.54, 1.807) is 0 Å². The molecule has 0 saturated heterocycles. The molecule has 1 nitrogen and oxygen atoms in total. The van der Waals surface area contributed by atoms with Crippen molar-refractivity contribution in [1.29, 1.82) is 0 Å². The molecule has 78 valence electrons. The van der Waals surface area contributed by atoms with E-state index >= 15 is 0 Å². The van der Waals surface area contributed by atoms with E-state index < -0.39 is 0 Å². The van der Waals surface area contributed by atoms with Gasteiger partial charge in [0, 0.05) is 5.33 Å². The summed E-state index contributed by atoms with van der Waals surface area (Å²) >= 11 is 3.48. The Kier molecular flexibility index (Phi) is 5.88. The molecule has 1 aromatic carbocycles. The average molecular weight is 257 g/mol.